The molecule has 0 amide bonds. The Kier molecular flexibility index (Phi) is 3.15. The smallest absolute Gasteiger partial charge is 0.338 e. The average Bonchev–Trinajstić information content (AvgIpc) is 2.32. The minimum Gasteiger partial charge on any atom is -0.478 e. The summed E-state index contributed by atoms with van der Waals surface area (Å²) in [6.07, 6.45) is 0. The highest BCUT2D eigenvalue weighted by molar-refractivity contribution is 5.88. The summed E-state index contributed by atoms with van der Waals surface area (Å²) in [7, 11) is 0. The van der Waals surface area contributed by atoms with E-state index in [1.807, 2.05) is 32.0 Å². The van der Waals surface area contributed by atoms with Crippen LogP contribution < -0.4 is 0 Å². The molecule has 0 aromatic heterocycles. The second-order valence-corrected chi connectivity index (χ2v) is 4.30. The van der Waals surface area contributed by atoms with Gasteiger partial charge in [-0.3, -0.25) is 0 Å². The van der Waals surface area contributed by atoms with Crippen molar-refractivity contribution in [3.05, 3.63) is 58.9 Å². The average molecular weight is 244 g/mol. The van der Waals surface area contributed by atoms with Gasteiger partial charge in [-0.15, -0.1) is 0 Å². The molecule has 0 unspecified atom stereocenters. The van der Waals surface area contributed by atoms with Crippen LogP contribution in [0, 0.1) is 19.7 Å². The van der Waals surface area contributed by atoms with Crippen LogP contribution in [0.15, 0.2) is 36.4 Å². The van der Waals surface area contributed by atoms with E-state index < -0.39 is 11.8 Å². The largest absolute Gasteiger partial charge is 0.478 e. The number of aryl methyl sites for hydroxylation is 2. The summed E-state index contributed by atoms with van der Waals surface area (Å²) in [6.45, 7) is 3.99. The van der Waals surface area contributed by atoms with Crippen molar-refractivity contribution in [1.29, 1.82) is 0 Å². The SMILES string of the molecule is Cc1ccc(-c2ccc(C(=O)O)c(F)c2)cc1C. The van der Waals surface area contributed by atoms with Gasteiger partial charge >= 0.3 is 5.97 Å². The van der Waals surface area contributed by atoms with Gasteiger partial charge < -0.3 is 5.11 Å². The molecule has 0 radical (unpaired) electrons. The minimum absolute atomic E-state index is 0.303. The van der Waals surface area contributed by atoms with Crippen LogP contribution in [-0.2, 0) is 0 Å². The van der Waals surface area contributed by atoms with Gasteiger partial charge in [0.15, 0.2) is 0 Å². The number of hydrogen-bond acceptors (Lipinski definition) is 1. The summed E-state index contributed by atoms with van der Waals surface area (Å²) < 4.78 is 13.6. The van der Waals surface area contributed by atoms with Crippen molar-refractivity contribution >= 4 is 5.97 Å². The second kappa shape index (κ2) is 4.61. The van der Waals surface area contributed by atoms with Gasteiger partial charge in [0.25, 0.3) is 0 Å². The standard InChI is InChI=1S/C15H13FO2/c1-9-3-4-11(7-10(9)2)12-5-6-13(15(17)18)14(16)8-12/h3-8H,1-2H3,(H,17,18). The maximum atomic E-state index is 13.6. The summed E-state index contributed by atoms with van der Waals surface area (Å²) in [4.78, 5) is 10.7. The molecular weight excluding hydrogens is 231 g/mol. The number of carboxylic acid groups (broad SMARTS) is 1. The van der Waals surface area contributed by atoms with Gasteiger partial charge in [-0.1, -0.05) is 24.3 Å². The van der Waals surface area contributed by atoms with Gasteiger partial charge in [0, 0.05) is 0 Å². The van der Waals surface area contributed by atoms with Crippen LogP contribution in [-0.4, -0.2) is 11.1 Å². The third-order valence-corrected chi connectivity index (χ3v) is 3.04. The molecule has 0 bridgehead atoms. The van der Waals surface area contributed by atoms with Gasteiger partial charge in [0.1, 0.15) is 5.82 Å². The first-order valence-corrected chi connectivity index (χ1v) is 5.59. The molecule has 2 aromatic carbocycles. The molecule has 0 saturated heterocycles. The van der Waals surface area contributed by atoms with Gasteiger partial charge in [0.05, 0.1) is 5.56 Å². The molecule has 0 aliphatic heterocycles. The maximum Gasteiger partial charge on any atom is 0.338 e. The van der Waals surface area contributed by atoms with Crippen molar-refractivity contribution in [3.8, 4) is 11.1 Å². The lowest BCUT2D eigenvalue weighted by Crippen LogP contribution is -2.00. The first-order valence-electron chi connectivity index (χ1n) is 5.59. The molecule has 3 heteroatoms. The molecule has 1 N–H and O–H groups in total. The van der Waals surface area contributed by atoms with E-state index in [4.69, 9.17) is 5.11 Å². The van der Waals surface area contributed by atoms with E-state index in [1.54, 1.807) is 6.07 Å². The van der Waals surface area contributed by atoms with Gasteiger partial charge in [-0.2, -0.15) is 0 Å². The van der Waals surface area contributed by atoms with Crippen LogP contribution >= 0.6 is 0 Å². The molecule has 0 atom stereocenters. The Morgan fingerprint density at radius 3 is 2.17 bits per heavy atom. The first-order chi connectivity index (χ1) is 8.49. The van der Waals surface area contributed by atoms with Crippen molar-refractivity contribution < 1.29 is 14.3 Å². The highest BCUT2D eigenvalue weighted by atomic mass is 19.1. The Balaban J connectivity index is 2.48. The molecule has 0 aliphatic carbocycles. The van der Waals surface area contributed by atoms with Gasteiger partial charge in [0.2, 0.25) is 0 Å². The Morgan fingerprint density at radius 1 is 1.00 bits per heavy atom. The zero-order valence-corrected chi connectivity index (χ0v) is 10.2. The van der Waals surface area contributed by atoms with E-state index in [0.717, 1.165) is 11.1 Å². The molecule has 0 aliphatic rings. The highest BCUT2D eigenvalue weighted by Gasteiger charge is 2.11. The van der Waals surface area contributed by atoms with E-state index in [9.17, 15) is 9.18 Å². The van der Waals surface area contributed by atoms with Crippen LogP contribution in [0.5, 0.6) is 0 Å². The number of rotatable bonds is 2. The molecule has 0 fully saturated rings. The molecule has 18 heavy (non-hydrogen) atoms. The summed E-state index contributed by atoms with van der Waals surface area (Å²) >= 11 is 0. The topological polar surface area (TPSA) is 37.3 Å². The van der Waals surface area contributed by atoms with Crippen molar-refractivity contribution in [2.45, 2.75) is 13.8 Å². The number of carboxylic acids is 1. The second-order valence-electron chi connectivity index (χ2n) is 4.30. The monoisotopic (exact) mass is 244 g/mol. The number of carbonyl (C=O) groups is 1. The Hall–Kier alpha value is -2.16. The van der Waals surface area contributed by atoms with Crippen LogP contribution in [0.25, 0.3) is 11.1 Å². The van der Waals surface area contributed by atoms with E-state index in [0.29, 0.717) is 5.56 Å². The fourth-order valence-corrected chi connectivity index (χ4v) is 1.79. The summed E-state index contributed by atoms with van der Waals surface area (Å²) in [5.41, 5.74) is 3.55. The minimum atomic E-state index is -1.25. The zero-order valence-electron chi connectivity index (χ0n) is 10.2. The van der Waals surface area contributed by atoms with Crippen LogP contribution in [0.2, 0.25) is 0 Å². The third-order valence-electron chi connectivity index (χ3n) is 3.04. The van der Waals surface area contributed by atoms with Crippen LogP contribution in [0.3, 0.4) is 0 Å². The number of halogens is 1. The van der Waals surface area contributed by atoms with Crippen LogP contribution in [0.4, 0.5) is 4.39 Å². The Bertz CT molecular complexity index is 618. The first kappa shape index (κ1) is 12.3. The zero-order chi connectivity index (χ0) is 13.3. The van der Waals surface area contributed by atoms with Crippen molar-refractivity contribution in [2.24, 2.45) is 0 Å². The molecule has 2 rings (SSSR count). The van der Waals surface area contributed by atoms with Crippen molar-refractivity contribution in [2.75, 3.05) is 0 Å². The Labute approximate surface area is 105 Å². The van der Waals surface area contributed by atoms with Crippen LogP contribution in [0.1, 0.15) is 21.5 Å². The number of aromatic carboxylic acids is 1. The molecule has 0 saturated carbocycles. The molecule has 2 nitrogen and oxygen atoms in total. The number of hydrogen-bond donors (Lipinski definition) is 1. The van der Waals surface area contributed by atoms with Crippen molar-refractivity contribution in [1.82, 2.24) is 0 Å². The summed E-state index contributed by atoms with van der Waals surface area (Å²) in [6, 6.07) is 10.0. The third kappa shape index (κ3) is 2.25. The Morgan fingerprint density at radius 2 is 1.61 bits per heavy atom. The lowest BCUT2D eigenvalue weighted by molar-refractivity contribution is 0.0692. The van der Waals surface area contributed by atoms with Gasteiger partial charge in [-0.05, 0) is 48.2 Å². The normalized spacial score (nSPS) is 10.4. The quantitative estimate of drug-likeness (QED) is 0.872. The number of benzene rings is 2. The fraction of sp³-hybridized carbons (Fsp3) is 0.133. The van der Waals surface area contributed by atoms with Gasteiger partial charge in [-0.25, -0.2) is 9.18 Å². The molecule has 0 heterocycles. The molecule has 92 valence electrons. The van der Waals surface area contributed by atoms with E-state index in [2.05, 4.69) is 0 Å². The predicted molar refractivity (Wildman–Crippen MR) is 68.3 cm³/mol. The lowest BCUT2D eigenvalue weighted by atomic mass is 9.99. The summed E-state index contributed by atoms with van der Waals surface area (Å²) in [5.74, 6) is -1.96. The van der Waals surface area contributed by atoms with E-state index in [-0.39, 0.29) is 5.56 Å². The molecular formula is C15H13FO2. The van der Waals surface area contributed by atoms with Crippen molar-refractivity contribution in [3.63, 3.8) is 0 Å². The van der Waals surface area contributed by atoms with E-state index >= 15 is 0 Å². The molecule has 2 aromatic rings. The molecule has 0 spiro atoms. The van der Waals surface area contributed by atoms with E-state index in [1.165, 1.54) is 17.7 Å². The highest BCUT2D eigenvalue weighted by Crippen LogP contribution is 2.24. The maximum absolute atomic E-state index is 13.6. The lowest BCUT2D eigenvalue weighted by Gasteiger charge is -2.06. The predicted octanol–water partition coefficient (Wildman–Crippen LogP) is 3.81. The summed E-state index contributed by atoms with van der Waals surface area (Å²) in [5, 5.41) is 8.77. The fourth-order valence-electron chi connectivity index (χ4n) is 1.79.